The molecule has 1 heterocycles. The Bertz CT molecular complexity index is 358. The van der Waals surface area contributed by atoms with Gasteiger partial charge in [-0.15, -0.1) is 0 Å². The molecule has 1 aliphatic heterocycles. The second-order valence-electron chi connectivity index (χ2n) is 5.78. The summed E-state index contributed by atoms with van der Waals surface area (Å²) >= 11 is 0. The lowest BCUT2D eigenvalue weighted by molar-refractivity contribution is 0.109. The smallest absolute Gasteiger partial charge is 0.0258 e. The van der Waals surface area contributed by atoms with E-state index in [9.17, 15) is 0 Å². The van der Waals surface area contributed by atoms with Crippen LogP contribution in [-0.4, -0.2) is 55.6 Å². The van der Waals surface area contributed by atoms with Gasteiger partial charge in [0.25, 0.3) is 0 Å². The molecule has 1 fully saturated rings. The molecule has 0 radical (unpaired) electrons. The highest BCUT2D eigenvalue weighted by molar-refractivity contribution is 5.16. The zero-order chi connectivity index (χ0) is 13.7. The molecular weight excluding hydrogens is 234 g/mol. The molecule has 1 aliphatic rings. The molecular formula is C16H27N3. The van der Waals surface area contributed by atoms with Gasteiger partial charge in [-0.1, -0.05) is 30.3 Å². The van der Waals surface area contributed by atoms with Gasteiger partial charge in [0.1, 0.15) is 0 Å². The van der Waals surface area contributed by atoms with Crippen LogP contribution < -0.4 is 5.73 Å². The highest BCUT2D eigenvalue weighted by Gasteiger charge is 2.25. The van der Waals surface area contributed by atoms with E-state index in [1.165, 1.54) is 31.5 Å². The monoisotopic (exact) mass is 261 g/mol. The normalized spacial score (nSPS) is 19.8. The molecule has 0 aromatic heterocycles. The molecule has 0 spiro atoms. The fraction of sp³-hybridized carbons (Fsp3) is 0.625. The standard InChI is InChI=1S/C16H27N3/c1-18-10-8-15(9-11-18)19(2)16(13-17)12-14-6-4-3-5-7-14/h3-7,15-16H,8-13,17H2,1-2H3. The fourth-order valence-electron chi connectivity index (χ4n) is 2.98. The molecule has 1 atom stereocenters. The Kier molecular flexibility index (Phi) is 5.37. The van der Waals surface area contributed by atoms with Crippen molar-refractivity contribution < 1.29 is 0 Å². The van der Waals surface area contributed by atoms with E-state index in [2.05, 4.69) is 54.2 Å². The van der Waals surface area contributed by atoms with Crippen LogP contribution >= 0.6 is 0 Å². The number of piperidine rings is 1. The SMILES string of the molecule is CN1CCC(N(C)C(CN)Cc2ccccc2)CC1. The predicted molar refractivity (Wildman–Crippen MR) is 81.3 cm³/mol. The van der Waals surface area contributed by atoms with Crippen molar-refractivity contribution >= 4 is 0 Å². The van der Waals surface area contributed by atoms with E-state index < -0.39 is 0 Å². The van der Waals surface area contributed by atoms with Crippen molar-refractivity contribution in [3.05, 3.63) is 35.9 Å². The van der Waals surface area contributed by atoms with Crippen molar-refractivity contribution in [3.63, 3.8) is 0 Å². The number of rotatable bonds is 5. The van der Waals surface area contributed by atoms with Gasteiger partial charge in [-0.25, -0.2) is 0 Å². The Morgan fingerprint density at radius 3 is 2.47 bits per heavy atom. The third kappa shape index (κ3) is 4.03. The summed E-state index contributed by atoms with van der Waals surface area (Å²) < 4.78 is 0. The van der Waals surface area contributed by atoms with Crippen molar-refractivity contribution in [2.45, 2.75) is 31.3 Å². The second kappa shape index (κ2) is 7.04. The Morgan fingerprint density at radius 1 is 1.26 bits per heavy atom. The number of hydrogen-bond donors (Lipinski definition) is 1. The Labute approximate surface area is 117 Å². The summed E-state index contributed by atoms with van der Waals surface area (Å²) in [6.45, 7) is 3.15. The van der Waals surface area contributed by atoms with E-state index >= 15 is 0 Å². The molecule has 0 aliphatic carbocycles. The van der Waals surface area contributed by atoms with Gasteiger partial charge < -0.3 is 10.6 Å². The zero-order valence-corrected chi connectivity index (χ0v) is 12.3. The Morgan fingerprint density at radius 2 is 1.89 bits per heavy atom. The van der Waals surface area contributed by atoms with Crippen LogP contribution in [0.15, 0.2) is 30.3 Å². The maximum absolute atomic E-state index is 6.00. The molecule has 19 heavy (non-hydrogen) atoms. The quantitative estimate of drug-likeness (QED) is 0.873. The topological polar surface area (TPSA) is 32.5 Å². The fourth-order valence-corrected chi connectivity index (χ4v) is 2.98. The molecule has 2 rings (SSSR count). The van der Waals surface area contributed by atoms with Gasteiger partial charge in [-0.2, -0.15) is 0 Å². The molecule has 3 nitrogen and oxygen atoms in total. The molecule has 0 bridgehead atoms. The lowest BCUT2D eigenvalue weighted by atomic mass is 9.99. The molecule has 1 aromatic rings. The van der Waals surface area contributed by atoms with Gasteiger partial charge in [0, 0.05) is 18.6 Å². The van der Waals surface area contributed by atoms with Crippen LogP contribution in [0.1, 0.15) is 18.4 Å². The first-order chi connectivity index (χ1) is 9.20. The number of benzene rings is 1. The molecule has 0 amide bonds. The lowest BCUT2D eigenvalue weighted by Gasteiger charge is -2.39. The molecule has 0 saturated carbocycles. The molecule has 1 aromatic carbocycles. The summed E-state index contributed by atoms with van der Waals surface area (Å²) in [6.07, 6.45) is 3.58. The third-order valence-corrected chi connectivity index (χ3v) is 4.43. The van der Waals surface area contributed by atoms with Crippen LogP contribution in [0.2, 0.25) is 0 Å². The highest BCUT2D eigenvalue weighted by atomic mass is 15.2. The van der Waals surface area contributed by atoms with Crippen LogP contribution in [0, 0.1) is 0 Å². The van der Waals surface area contributed by atoms with Crippen molar-refractivity contribution in [1.82, 2.24) is 9.80 Å². The second-order valence-corrected chi connectivity index (χ2v) is 5.78. The number of nitrogens with zero attached hydrogens (tertiary/aromatic N) is 2. The average Bonchev–Trinajstić information content (AvgIpc) is 2.46. The summed E-state index contributed by atoms with van der Waals surface area (Å²) in [4.78, 5) is 4.93. The maximum atomic E-state index is 6.00. The first-order valence-corrected chi connectivity index (χ1v) is 7.35. The molecule has 3 heteroatoms. The first kappa shape index (κ1) is 14.5. The van der Waals surface area contributed by atoms with Crippen molar-refractivity contribution in [2.75, 3.05) is 33.7 Å². The van der Waals surface area contributed by atoms with Crippen molar-refractivity contribution in [1.29, 1.82) is 0 Å². The van der Waals surface area contributed by atoms with Gasteiger partial charge in [-0.05, 0) is 52.0 Å². The van der Waals surface area contributed by atoms with E-state index in [0.29, 0.717) is 12.1 Å². The van der Waals surface area contributed by atoms with Gasteiger partial charge in [0.05, 0.1) is 0 Å². The third-order valence-electron chi connectivity index (χ3n) is 4.43. The summed E-state index contributed by atoms with van der Waals surface area (Å²) in [5.74, 6) is 0. The van der Waals surface area contributed by atoms with Gasteiger partial charge >= 0.3 is 0 Å². The molecule has 1 saturated heterocycles. The number of nitrogens with two attached hydrogens (primary N) is 1. The van der Waals surface area contributed by atoms with Crippen molar-refractivity contribution in [3.8, 4) is 0 Å². The number of likely N-dealkylation sites (N-methyl/N-ethyl adjacent to an activating group) is 1. The molecule has 1 unspecified atom stereocenters. The van der Waals surface area contributed by atoms with Crippen LogP contribution in [-0.2, 0) is 6.42 Å². The van der Waals surface area contributed by atoms with Crippen molar-refractivity contribution in [2.24, 2.45) is 5.73 Å². The summed E-state index contributed by atoms with van der Waals surface area (Å²) in [6, 6.07) is 11.8. The minimum Gasteiger partial charge on any atom is -0.329 e. The summed E-state index contributed by atoms with van der Waals surface area (Å²) in [5, 5.41) is 0. The van der Waals surface area contributed by atoms with E-state index in [1.807, 2.05) is 0 Å². The minimum atomic E-state index is 0.454. The first-order valence-electron chi connectivity index (χ1n) is 7.35. The van der Waals surface area contributed by atoms with E-state index in [1.54, 1.807) is 0 Å². The van der Waals surface area contributed by atoms with E-state index in [0.717, 1.165) is 13.0 Å². The van der Waals surface area contributed by atoms with Gasteiger partial charge in [0.2, 0.25) is 0 Å². The van der Waals surface area contributed by atoms with E-state index in [4.69, 9.17) is 5.73 Å². The van der Waals surface area contributed by atoms with Crippen LogP contribution in [0.4, 0.5) is 0 Å². The Balaban J connectivity index is 1.93. The van der Waals surface area contributed by atoms with E-state index in [-0.39, 0.29) is 0 Å². The van der Waals surface area contributed by atoms with Crippen LogP contribution in [0.25, 0.3) is 0 Å². The lowest BCUT2D eigenvalue weighted by Crippen LogP contribution is -2.49. The summed E-state index contributed by atoms with van der Waals surface area (Å²) in [7, 11) is 4.46. The largest absolute Gasteiger partial charge is 0.329 e. The Hall–Kier alpha value is -0.900. The zero-order valence-electron chi connectivity index (χ0n) is 12.3. The predicted octanol–water partition coefficient (Wildman–Crippen LogP) is 1.58. The number of likely N-dealkylation sites (tertiary alicyclic amines) is 1. The minimum absolute atomic E-state index is 0.454. The number of hydrogen-bond acceptors (Lipinski definition) is 3. The maximum Gasteiger partial charge on any atom is 0.0258 e. The summed E-state index contributed by atoms with van der Waals surface area (Å²) in [5.41, 5.74) is 7.39. The van der Waals surface area contributed by atoms with Crippen LogP contribution in [0.3, 0.4) is 0 Å². The van der Waals surface area contributed by atoms with Gasteiger partial charge in [-0.3, -0.25) is 4.90 Å². The average molecular weight is 261 g/mol. The van der Waals surface area contributed by atoms with Gasteiger partial charge in [0.15, 0.2) is 0 Å². The molecule has 106 valence electrons. The highest BCUT2D eigenvalue weighted by Crippen LogP contribution is 2.18. The van der Waals surface area contributed by atoms with Crippen LogP contribution in [0.5, 0.6) is 0 Å². The molecule has 2 N–H and O–H groups in total.